The van der Waals surface area contributed by atoms with Gasteiger partial charge >= 0.3 is 0 Å². The lowest BCUT2D eigenvalue weighted by Crippen LogP contribution is -2.12. The highest BCUT2D eigenvalue weighted by Crippen LogP contribution is 2.47. The number of hydrogen-bond donors (Lipinski definition) is 2. The van der Waals surface area contributed by atoms with E-state index in [9.17, 15) is 40.5 Å². The molecule has 0 aliphatic carbocycles. The Kier molecular flexibility index (Phi) is 9.71. The predicted octanol–water partition coefficient (Wildman–Crippen LogP) is 11.7. The van der Waals surface area contributed by atoms with Crippen LogP contribution in [0.5, 0.6) is 0 Å². The summed E-state index contributed by atoms with van der Waals surface area (Å²) in [5, 5.41) is 52.8. The van der Waals surface area contributed by atoms with Gasteiger partial charge in [0.1, 0.15) is 44.5 Å². The molecular formula is C48H46N12O8. The van der Waals surface area contributed by atoms with Crippen LogP contribution in [-0.4, -0.2) is 59.6 Å². The van der Waals surface area contributed by atoms with E-state index in [0.29, 0.717) is 22.3 Å². The van der Waals surface area contributed by atoms with Crippen molar-refractivity contribution in [3.8, 4) is 45.6 Å². The molecule has 0 fully saturated rings. The van der Waals surface area contributed by atoms with Gasteiger partial charge in [0, 0.05) is 46.2 Å². The van der Waals surface area contributed by atoms with Gasteiger partial charge < -0.3 is 9.97 Å². The lowest BCUT2D eigenvalue weighted by Gasteiger charge is -2.19. The fourth-order valence-corrected chi connectivity index (χ4v) is 8.53. The molecular weight excluding hydrogens is 873 g/mol. The Labute approximate surface area is 387 Å². The number of aromatic amines is 2. The molecule has 4 aromatic carbocycles. The molecule has 2 N–H and O–H groups in total. The third kappa shape index (κ3) is 7.31. The normalized spacial score (nSPS) is 12.9. The van der Waals surface area contributed by atoms with Crippen LogP contribution >= 0.6 is 0 Å². The topological polar surface area (TPSA) is 281 Å². The van der Waals surface area contributed by atoms with E-state index in [2.05, 4.69) is 9.97 Å². The number of non-ortho nitro benzene ring substituents is 2. The van der Waals surface area contributed by atoms with Crippen LogP contribution in [0.1, 0.15) is 105 Å². The van der Waals surface area contributed by atoms with Crippen molar-refractivity contribution in [3.63, 3.8) is 0 Å². The van der Waals surface area contributed by atoms with Crippen molar-refractivity contribution in [2.45, 2.75) is 105 Å². The van der Waals surface area contributed by atoms with Crippen LogP contribution < -0.4 is 0 Å². The van der Waals surface area contributed by atoms with E-state index < -0.39 is 41.4 Å². The molecule has 0 amide bonds. The predicted molar refractivity (Wildman–Crippen MR) is 257 cm³/mol. The Bertz CT molecular complexity index is 3400. The zero-order valence-electron chi connectivity index (χ0n) is 39.4. The van der Waals surface area contributed by atoms with E-state index in [4.69, 9.17) is 29.9 Å². The molecule has 9 rings (SSSR count). The summed E-state index contributed by atoms with van der Waals surface area (Å²) in [5.74, 6) is -0.524. The van der Waals surface area contributed by atoms with Gasteiger partial charge in [-0.25, -0.2) is 29.9 Å². The lowest BCUT2D eigenvalue weighted by atomic mass is 9.84. The maximum atomic E-state index is 13.1. The second kappa shape index (κ2) is 14.7. The van der Waals surface area contributed by atoms with Gasteiger partial charge in [0.2, 0.25) is 0 Å². The molecule has 0 radical (unpaired) electrons. The van der Waals surface area contributed by atoms with Crippen molar-refractivity contribution < 1.29 is 19.7 Å². The summed E-state index contributed by atoms with van der Waals surface area (Å²) in [4.78, 5) is 85.7. The number of rotatable bonds is 4. The molecule has 0 saturated carbocycles. The second-order valence-electron chi connectivity index (χ2n) is 21.3. The second-order valence-corrected chi connectivity index (χ2v) is 21.3. The summed E-state index contributed by atoms with van der Waals surface area (Å²) in [7, 11) is 0. The molecule has 0 spiro atoms. The van der Waals surface area contributed by atoms with Crippen LogP contribution in [0.4, 0.5) is 22.7 Å². The molecule has 2 aliphatic rings. The Morgan fingerprint density at radius 1 is 0.368 bits per heavy atom. The number of hydrogen-bond acceptors (Lipinski definition) is 14. The van der Waals surface area contributed by atoms with Gasteiger partial charge in [-0.3, -0.25) is 40.5 Å². The molecule has 8 bridgehead atoms. The van der Waals surface area contributed by atoms with Gasteiger partial charge in [-0.05, 0) is 68.2 Å². The minimum Gasteiger partial charge on any atom is -0.324 e. The number of nitro benzene ring substituents is 4. The average Bonchev–Trinajstić information content (AvgIpc) is 3.96. The molecule has 0 unspecified atom stereocenters. The number of nitrogens with one attached hydrogen (secondary N) is 2. The molecule has 20 heteroatoms. The number of fused-ring (bicyclic) bond motifs is 20. The van der Waals surface area contributed by atoms with Crippen LogP contribution in [0.2, 0.25) is 0 Å². The highest BCUT2D eigenvalue weighted by Gasteiger charge is 2.36. The summed E-state index contributed by atoms with van der Waals surface area (Å²) in [6.45, 7) is 22.6. The fourth-order valence-electron chi connectivity index (χ4n) is 8.53. The van der Waals surface area contributed by atoms with Crippen LogP contribution in [-0.2, 0) is 21.7 Å². The molecule has 346 valence electrons. The molecule has 68 heavy (non-hydrogen) atoms. The minimum atomic E-state index is -0.619. The minimum absolute atomic E-state index is 0.000260. The monoisotopic (exact) mass is 918 g/mol. The molecule has 7 aromatic rings. The van der Waals surface area contributed by atoms with Gasteiger partial charge in [-0.1, -0.05) is 83.1 Å². The molecule has 3 aromatic heterocycles. The number of H-pyrrole nitrogens is 2. The number of benzene rings is 4. The maximum Gasteiger partial charge on any atom is 0.281 e. The van der Waals surface area contributed by atoms with E-state index in [0.717, 1.165) is 0 Å². The Morgan fingerprint density at radius 2 is 0.647 bits per heavy atom. The van der Waals surface area contributed by atoms with E-state index in [1.54, 1.807) is 24.3 Å². The summed E-state index contributed by atoms with van der Waals surface area (Å²) >= 11 is 0. The maximum absolute atomic E-state index is 13.1. The quantitative estimate of drug-likeness (QED) is 0.123. The average molecular weight is 919 g/mol. The van der Waals surface area contributed by atoms with Crippen molar-refractivity contribution in [2.24, 2.45) is 0 Å². The van der Waals surface area contributed by atoms with Gasteiger partial charge in [-0.2, -0.15) is 0 Å². The molecule has 0 saturated heterocycles. The Hall–Kier alpha value is -8.16. The molecule has 0 atom stereocenters. The summed E-state index contributed by atoms with van der Waals surface area (Å²) < 4.78 is 0. The summed E-state index contributed by atoms with van der Waals surface area (Å²) in [6.07, 6.45) is 0. The Balaban J connectivity index is 1.60. The van der Waals surface area contributed by atoms with Gasteiger partial charge in [-0.15, -0.1) is 0 Å². The molecule has 2 aliphatic heterocycles. The summed E-state index contributed by atoms with van der Waals surface area (Å²) in [5.41, 5.74) is -1.36. The van der Waals surface area contributed by atoms with Crippen LogP contribution in [0.25, 0.3) is 89.7 Å². The van der Waals surface area contributed by atoms with Crippen molar-refractivity contribution in [3.05, 3.63) is 111 Å². The summed E-state index contributed by atoms with van der Waals surface area (Å²) in [6, 6.07) is 12.7. The lowest BCUT2D eigenvalue weighted by molar-refractivity contribution is -0.384. The fraction of sp³-hybridized carbons (Fsp3) is 0.333. The van der Waals surface area contributed by atoms with E-state index >= 15 is 0 Å². The van der Waals surface area contributed by atoms with Gasteiger partial charge in [0.25, 0.3) is 22.7 Å². The van der Waals surface area contributed by atoms with Crippen molar-refractivity contribution >= 4 is 66.9 Å². The molecule has 20 nitrogen and oxygen atoms in total. The van der Waals surface area contributed by atoms with Crippen molar-refractivity contribution in [2.75, 3.05) is 0 Å². The van der Waals surface area contributed by atoms with Crippen LogP contribution in [0.3, 0.4) is 0 Å². The first-order valence-corrected chi connectivity index (χ1v) is 21.7. The standard InChI is InChI=1S/C48H46N12O8/c1-45(2,3)21-13-25-33(29(17-21)57(61)62)41-49-37(25)53-42-34-26(14-22(46(4,5)6)18-30(34)58(63)64)39(50-42)55-44-36-28(16-24(48(10,11)12)20-32(36)60(67)68)40(52-44)56-43-35-27(38(51-43)54-41)15-23(47(7,8)9)19-31(35)59(65)66/h13-20H,1-12H3,(H2,49,50,51,52,53,54,55,56). The van der Waals surface area contributed by atoms with E-state index in [-0.39, 0.29) is 112 Å². The largest absolute Gasteiger partial charge is 0.324 e. The first kappa shape index (κ1) is 45.0. The third-order valence-electron chi connectivity index (χ3n) is 12.4. The van der Waals surface area contributed by atoms with Crippen molar-refractivity contribution in [1.29, 1.82) is 0 Å². The third-order valence-corrected chi connectivity index (χ3v) is 12.4. The number of aromatic nitrogens is 8. The first-order valence-electron chi connectivity index (χ1n) is 21.7. The van der Waals surface area contributed by atoms with Gasteiger partial charge in [0.05, 0.1) is 19.7 Å². The van der Waals surface area contributed by atoms with E-state index in [1.807, 2.05) is 83.1 Å². The number of nitro groups is 4. The smallest absolute Gasteiger partial charge is 0.281 e. The van der Waals surface area contributed by atoms with Crippen LogP contribution in [0, 0.1) is 40.5 Å². The zero-order chi connectivity index (χ0) is 49.5. The highest BCUT2D eigenvalue weighted by atomic mass is 16.6. The van der Waals surface area contributed by atoms with Crippen LogP contribution in [0.15, 0.2) is 48.5 Å². The number of nitrogens with zero attached hydrogens (tertiary/aromatic N) is 10. The molecule has 5 heterocycles. The SMILES string of the molecule is CC(C)(C)c1cc2c(c([N+](=O)[O-])c1)-c1nc-2nc2[nH]c(nc3nc(nc4[nH]c(n1)c1cc(C(C)(C)C)cc([N+](=O)[O-])c41)-c1cc(C(C)(C)C)cc([N+](=O)[O-])c1-3)c1cc(C(C)(C)C)cc([N+](=O)[O-])c21. The Morgan fingerprint density at radius 3 is 0.941 bits per heavy atom. The zero-order valence-corrected chi connectivity index (χ0v) is 39.4. The first-order chi connectivity index (χ1) is 31.5. The van der Waals surface area contributed by atoms with E-state index in [1.165, 1.54) is 24.3 Å². The van der Waals surface area contributed by atoms with Crippen molar-refractivity contribution in [1.82, 2.24) is 39.9 Å². The highest BCUT2D eigenvalue weighted by molar-refractivity contribution is 6.12. The van der Waals surface area contributed by atoms with Gasteiger partial charge in [0.15, 0.2) is 23.3 Å².